The Morgan fingerprint density at radius 1 is 1.17 bits per heavy atom. The molecule has 0 rings (SSSR count). The first-order valence-electron chi connectivity index (χ1n) is 7.15. The van der Waals surface area contributed by atoms with Gasteiger partial charge in [-0.05, 0) is 55.9 Å². The number of rotatable bonds is 7. The monoisotopic (exact) mass is 244 g/mol. The van der Waals surface area contributed by atoms with Gasteiger partial charge in [0.2, 0.25) is 0 Å². The van der Waals surface area contributed by atoms with E-state index < -0.39 is 0 Å². The van der Waals surface area contributed by atoms with Gasteiger partial charge in [0.15, 0.2) is 0 Å². The third-order valence-electron chi connectivity index (χ3n) is 2.80. The zero-order valence-electron chi connectivity index (χ0n) is 12.7. The van der Waals surface area contributed by atoms with Crippen molar-refractivity contribution in [3.05, 3.63) is 52.8 Å². The quantitative estimate of drug-likeness (QED) is 0.373. The van der Waals surface area contributed by atoms with Gasteiger partial charge >= 0.3 is 0 Å². The van der Waals surface area contributed by atoms with E-state index in [1.807, 2.05) is 0 Å². The molecule has 100 valence electrons. The first kappa shape index (κ1) is 16.7. The van der Waals surface area contributed by atoms with Crippen molar-refractivity contribution >= 4 is 0 Å². The van der Waals surface area contributed by atoms with Crippen LogP contribution in [0.15, 0.2) is 52.8 Å². The summed E-state index contributed by atoms with van der Waals surface area (Å²) >= 11 is 0. The lowest BCUT2D eigenvalue weighted by Crippen LogP contribution is -1.84. The van der Waals surface area contributed by atoms with Crippen LogP contribution in [0.3, 0.4) is 0 Å². The molecule has 0 radical (unpaired) electrons. The minimum atomic E-state index is 1.07. The second kappa shape index (κ2) is 10.9. The van der Waals surface area contributed by atoms with E-state index in [1.165, 1.54) is 23.1 Å². The van der Waals surface area contributed by atoms with Crippen molar-refractivity contribution in [1.29, 1.82) is 0 Å². The van der Waals surface area contributed by atoms with Gasteiger partial charge in [-0.25, -0.2) is 0 Å². The lowest BCUT2D eigenvalue weighted by Gasteiger charge is -2.03. The predicted molar refractivity (Wildman–Crippen MR) is 83.7 cm³/mol. The molecular weight excluding hydrogens is 216 g/mol. The largest absolute Gasteiger partial charge is 0.117 e. The van der Waals surface area contributed by atoms with Crippen LogP contribution in [0.4, 0.5) is 0 Å². The molecular formula is C18H28. The van der Waals surface area contributed by atoms with E-state index in [1.54, 1.807) is 0 Å². The molecule has 0 amide bonds. The Bertz CT molecular complexity index is 369. The maximum absolute atomic E-state index is 3.37. The molecule has 0 atom stereocenters. The van der Waals surface area contributed by atoms with Gasteiger partial charge in [0.25, 0.3) is 0 Å². The van der Waals surface area contributed by atoms with Crippen LogP contribution >= 0.6 is 0 Å². The van der Waals surface area contributed by atoms with E-state index in [4.69, 9.17) is 0 Å². The van der Waals surface area contributed by atoms with Crippen molar-refractivity contribution in [2.45, 2.75) is 60.3 Å². The van der Waals surface area contributed by atoms with E-state index in [-0.39, 0.29) is 0 Å². The Kier molecular flexibility index (Phi) is 10.1. The summed E-state index contributed by atoms with van der Waals surface area (Å²) in [5.41, 5.74) is 7.27. The molecule has 0 N–H and O–H groups in total. The molecule has 0 saturated heterocycles. The summed E-state index contributed by atoms with van der Waals surface area (Å²) in [7, 11) is 0. The molecule has 0 aromatic heterocycles. The highest BCUT2D eigenvalue weighted by molar-refractivity contribution is 5.39. The lowest BCUT2D eigenvalue weighted by molar-refractivity contribution is 0.957. The highest BCUT2D eigenvalue weighted by Gasteiger charge is 1.96. The van der Waals surface area contributed by atoms with E-state index in [9.17, 15) is 0 Å². The fourth-order valence-corrected chi connectivity index (χ4v) is 1.74. The summed E-state index contributed by atoms with van der Waals surface area (Å²) < 4.78 is 0. The molecule has 0 unspecified atom stereocenters. The number of unbranched alkanes of at least 4 members (excludes halogenated alkanes) is 1. The van der Waals surface area contributed by atoms with Crippen molar-refractivity contribution < 1.29 is 0 Å². The van der Waals surface area contributed by atoms with Gasteiger partial charge in [0, 0.05) is 0 Å². The smallest absolute Gasteiger partial charge is 0.00943 e. The minimum absolute atomic E-state index is 1.07. The zero-order chi connectivity index (χ0) is 13.8. The molecule has 0 spiro atoms. The summed E-state index contributed by atoms with van der Waals surface area (Å²) in [5, 5.41) is 0. The average Bonchev–Trinajstić information content (AvgIpc) is 2.37. The van der Waals surface area contributed by atoms with Crippen LogP contribution < -0.4 is 0 Å². The predicted octanol–water partition coefficient (Wildman–Crippen LogP) is 6.14. The zero-order valence-corrected chi connectivity index (χ0v) is 12.7. The van der Waals surface area contributed by atoms with Crippen molar-refractivity contribution in [1.82, 2.24) is 0 Å². The topological polar surface area (TPSA) is 0 Å². The van der Waals surface area contributed by atoms with Crippen LogP contribution in [0, 0.1) is 0 Å². The Labute approximate surface area is 113 Å². The Balaban J connectivity index is 4.99. The third-order valence-corrected chi connectivity index (χ3v) is 2.80. The van der Waals surface area contributed by atoms with Crippen molar-refractivity contribution in [2.75, 3.05) is 0 Å². The van der Waals surface area contributed by atoms with Crippen LogP contribution in [0.1, 0.15) is 60.3 Å². The van der Waals surface area contributed by atoms with Crippen molar-refractivity contribution in [3.8, 4) is 0 Å². The highest BCUT2D eigenvalue weighted by atomic mass is 14.0. The fraction of sp³-hybridized carbons (Fsp3) is 0.500. The van der Waals surface area contributed by atoms with E-state index in [0.717, 1.165) is 19.3 Å². The van der Waals surface area contributed by atoms with Crippen LogP contribution in [0.25, 0.3) is 0 Å². The van der Waals surface area contributed by atoms with Crippen molar-refractivity contribution in [2.24, 2.45) is 0 Å². The van der Waals surface area contributed by atoms with Gasteiger partial charge in [0.05, 0.1) is 0 Å². The second-order valence-corrected chi connectivity index (χ2v) is 4.40. The van der Waals surface area contributed by atoms with Gasteiger partial charge < -0.3 is 0 Å². The number of hydrogen-bond donors (Lipinski definition) is 0. The maximum Gasteiger partial charge on any atom is -0.00943 e. The van der Waals surface area contributed by atoms with Crippen LogP contribution in [-0.4, -0.2) is 0 Å². The molecule has 0 aromatic carbocycles. The summed E-state index contributed by atoms with van der Waals surface area (Å²) in [6.45, 7) is 10.8. The Morgan fingerprint density at radius 3 is 2.39 bits per heavy atom. The standard InChI is InChI=1S/C18H28/c1-6-10-11-13-16(5)14-15-18(12-7-2)17(8-3)9-4/h8,11-13,15H,6-7,9-10H2,1-5H3. The molecule has 18 heavy (non-hydrogen) atoms. The number of allylic oxidation sites excluding steroid dienone is 7. The SMILES string of the molecule is CC=C(CC)C(C=C=C(C)C=CCCC)=CCC. The maximum atomic E-state index is 3.37. The fourth-order valence-electron chi connectivity index (χ4n) is 1.74. The minimum Gasteiger partial charge on any atom is -0.117 e. The van der Waals surface area contributed by atoms with E-state index >= 15 is 0 Å². The van der Waals surface area contributed by atoms with Crippen LogP contribution in [-0.2, 0) is 0 Å². The molecule has 0 aliphatic heterocycles. The highest BCUT2D eigenvalue weighted by Crippen LogP contribution is 2.16. The Hall–Kier alpha value is -1.26. The molecule has 0 heteroatoms. The molecule has 0 nitrogen and oxygen atoms in total. The first-order valence-corrected chi connectivity index (χ1v) is 7.15. The summed E-state index contributed by atoms with van der Waals surface area (Å²) in [6, 6.07) is 0. The second-order valence-electron chi connectivity index (χ2n) is 4.40. The molecule has 0 aliphatic carbocycles. The molecule has 0 heterocycles. The summed E-state index contributed by atoms with van der Waals surface area (Å²) in [5.74, 6) is 0. The van der Waals surface area contributed by atoms with Gasteiger partial charge in [-0.1, -0.05) is 51.5 Å². The molecule has 0 saturated carbocycles. The van der Waals surface area contributed by atoms with Gasteiger partial charge in [-0.2, -0.15) is 0 Å². The molecule has 0 bridgehead atoms. The molecule has 0 aliphatic rings. The van der Waals surface area contributed by atoms with Crippen molar-refractivity contribution in [3.63, 3.8) is 0 Å². The summed E-state index contributed by atoms with van der Waals surface area (Å²) in [6.07, 6.45) is 15.4. The van der Waals surface area contributed by atoms with Gasteiger partial charge in [0.1, 0.15) is 0 Å². The lowest BCUT2D eigenvalue weighted by atomic mass is 10.0. The normalized spacial score (nSPS) is 12.7. The average molecular weight is 244 g/mol. The van der Waals surface area contributed by atoms with Gasteiger partial charge in [-0.3, -0.25) is 0 Å². The number of hydrogen-bond acceptors (Lipinski definition) is 0. The van der Waals surface area contributed by atoms with E-state index in [2.05, 4.69) is 70.7 Å². The van der Waals surface area contributed by atoms with Gasteiger partial charge in [-0.15, -0.1) is 5.73 Å². The summed E-state index contributed by atoms with van der Waals surface area (Å²) in [4.78, 5) is 0. The first-order chi connectivity index (χ1) is 8.69. The molecule has 0 aromatic rings. The van der Waals surface area contributed by atoms with Crippen LogP contribution in [0.5, 0.6) is 0 Å². The third kappa shape index (κ3) is 7.14. The molecule has 0 fully saturated rings. The Morgan fingerprint density at radius 2 is 1.89 bits per heavy atom. The van der Waals surface area contributed by atoms with E-state index in [0.29, 0.717) is 0 Å². The van der Waals surface area contributed by atoms with Crippen LogP contribution in [0.2, 0.25) is 0 Å².